The van der Waals surface area contributed by atoms with Crippen molar-refractivity contribution < 1.29 is 9.59 Å². The van der Waals surface area contributed by atoms with Gasteiger partial charge in [-0.15, -0.1) is 0 Å². The Hall–Kier alpha value is -1.84. The molecule has 2 heterocycles. The van der Waals surface area contributed by atoms with Crippen LogP contribution in [0.2, 0.25) is 0 Å². The molecule has 2 aliphatic heterocycles. The minimum atomic E-state index is 0.156. The van der Waals surface area contributed by atoms with Crippen molar-refractivity contribution in [2.75, 3.05) is 6.54 Å². The molecule has 1 aromatic carbocycles. The smallest absolute Gasteiger partial charge is 0.223 e. The molecule has 0 spiro atoms. The molecule has 2 aliphatic rings. The monoisotopic (exact) mass is 370 g/mol. The van der Waals surface area contributed by atoms with Gasteiger partial charge in [-0.1, -0.05) is 57.0 Å². The summed E-state index contributed by atoms with van der Waals surface area (Å²) in [6, 6.07) is 11.0. The standard InChI is InChI=1S/C23H34N2O2/c1-17(2)14-23(27)25-20(15-19-10-6-4-7-11-19)16-22-21(25)12-8-5-9-13-24(22)18(3)26/h4,6-7,10-11,17,20-22H,5,8-9,12-16H2,1-3H3/t20-,21-,22+/m1/s1. The van der Waals surface area contributed by atoms with Crippen molar-refractivity contribution in [1.82, 2.24) is 9.80 Å². The second-order valence-corrected chi connectivity index (χ2v) is 8.67. The predicted octanol–water partition coefficient (Wildman–Crippen LogP) is 4.04. The summed E-state index contributed by atoms with van der Waals surface area (Å²) in [5.74, 6) is 0.775. The second-order valence-electron chi connectivity index (χ2n) is 8.67. The zero-order valence-electron chi connectivity index (χ0n) is 17.1. The summed E-state index contributed by atoms with van der Waals surface area (Å²) in [4.78, 5) is 29.8. The average Bonchev–Trinajstić information content (AvgIpc) is 2.92. The van der Waals surface area contributed by atoms with Crippen molar-refractivity contribution >= 4 is 11.8 Å². The van der Waals surface area contributed by atoms with Crippen LogP contribution in [-0.4, -0.2) is 46.3 Å². The van der Waals surface area contributed by atoms with E-state index < -0.39 is 0 Å². The summed E-state index contributed by atoms with van der Waals surface area (Å²) >= 11 is 0. The molecular formula is C23H34N2O2. The molecule has 0 radical (unpaired) electrons. The molecule has 4 heteroatoms. The summed E-state index contributed by atoms with van der Waals surface area (Å²) in [7, 11) is 0. The lowest BCUT2D eigenvalue weighted by molar-refractivity contribution is -0.138. The van der Waals surface area contributed by atoms with E-state index in [0.717, 1.165) is 45.1 Å². The van der Waals surface area contributed by atoms with Gasteiger partial charge in [-0.25, -0.2) is 0 Å². The molecule has 0 N–H and O–H groups in total. The van der Waals surface area contributed by atoms with E-state index in [2.05, 4.69) is 47.9 Å². The molecule has 0 unspecified atom stereocenters. The minimum absolute atomic E-state index is 0.156. The maximum Gasteiger partial charge on any atom is 0.223 e. The molecule has 0 aromatic heterocycles. The van der Waals surface area contributed by atoms with E-state index in [1.54, 1.807) is 6.92 Å². The summed E-state index contributed by atoms with van der Waals surface area (Å²) in [6.07, 6.45) is 6.76. The molecule has 0 saturated carbocycles. The predicted molar refractivity (Wildman–Crippen MR) is 108 cm³/mol. The van der Waals surface area contributed by atoms with E-state index in [1.165, 1.54) is 5.56 Å². The molecular weight excluding hydrogens is 336 g/mol. The van der Waals surface area contributed by atoms with Crippen molar-refractivity contribution in [2.24, 2.45) is 5.92 Å². The maximum absolute atomic E-state index is 13.2. The molecule has 2 saturated heterocycles. The van der Waals surface area contributed by atoms with Crippen LogP contribution >= 0.6 is 0 Å². The van der Waals surface area contributed by atoms with Gasteiger partial charge in [-0.2, -0.15) is 0 Å². The summed E-state index contributed by atoms with van der Waals surface area (Å²) in [5.41, 5.74) is 1.27. The Labute approximate surface area is 163 Å². The molecule has 148 valence electrons. The zero-order valence-corrected chi connectivity index (χ0v) is 17.1. The van der Waals surface area contributed by atoms with Crippen molar-refractivity contribution in [3.05, 3.63) is 35.9 Å². The fourth-order valence-corrected chi connectivity index (χ4v) is 4.95. The molecule has 2 amide bonds. The van der Waals surface area contributed by atoms with Gasteiger partial charge in [0.25, 0.3) is 0 Å². The van der Waals surface area contributed by atoms with E-state index in [4.69, 9.17) is 0 Å². The van der Waals surface area contributed by atoms with Gasteiger partial charge >= 0.3 is 0 Å². The second kappa shape index (κ2) is 8.90. The first-order valence-electron chi connectivity index (χ1n) is 10.6. The first-order chi connectivity index (χ1) is 13.0. The molecule has 3 rings (SSSR count). The van der Waals surface area contributed by atoms with Crippen molar-refractivity contribution in [2.45, 2.75) is 83.8 Å². The lowest BCUT2D eigenvalue weighted by Gasteiger charge is -2.37. The highest BCUT2D eigenvalue weighted by Crippen LogP contribution is 2.36. The van der Waals surface area contributed by atoms with E-state index in [-0.39, 0.29) is 29.9 Å². The Morgan fingerprint density at radius 3 is 2.48 bits per heavy atom. The molecule has 0 bridgehead atoms. The van der Waals surface area contributed by atoms with Crippen molar-refractivity contribution in [3.8, 4) is 0 Å². The van der Waals surface area contributed by atoms with Gasteiger partial charge in [-0.05, 0) is 37.2 Å². The van der Waals surface area contributed by atoms with E-state index >= 15 is 0 Å². The van der Waals surface area contributed by atoms with Gasteiger partial charge in [-0.3, -0.25) is 9.59 Å². The highest BCUT2D eigenvalue weighted by Gasteiger charge is 2.46. The van der Waals surface area contributed by atoms with Crippen LogP contribution in [-0.2, 0) is 16.0 Å². The van der Waals surface area contributed by atoms with Gasteiger partial charge in [0.05, 0.1) is 12.1 Å². The Morgan fingerprint density at radius 1 is 1.07 bits per heavy atom. The SMILES string of the molecule is CC(=O)N1CCCCC[C@@H]2[C@@H]1C[C@@H](Cc1ccccc1)N2C(=O)CC(C)C. The number of fused-ring (bicyclic) bond motifs is 1. The summed E-state index contributed by atoms with van der Waals surface area (Å²) in [6.45, 7) is 6.74. The number of benzene rings is 1. The Morgan fingerprint density at radius 2 is 1.81 bits per heavy atom. The van der Waals surface area contributed by atoms with Crippen LogP contribution in [0.15, 0.2) is 30.3 Å². The molecule has 1 aromatic rings. The number of amides is 2. The molecule has 0 aliphatic carbocycles. The van der Waals surface area contributed by atoms with Crippen LogP contribution in [0.1, 0.15) is 64.9 Å². The van der Waals surface area contributed by atoms with E-state index in [9.17, 15) is 9.59 Å². The van der Waals surface area contributed by atoms with Crippen LogP contribution in [0.4, 0.5) is 0 Å². The number of carbonyl (C=O) groups is 2. The van der Waals surface area contributed by atoms with E-state index in [0.29, 0.717) is 12.3 Å². The summed E-state index contributed by atoms with van der Waals surface area (Å²) < 4.78 is 0. The van der Waals surface area contributed by atoms with Gasteiger partial charge in [0.1, 0.15) is 0 Å². The lowest BCUT2D eigenvalue weighted by atomic mass is 9.96. The first kappa shape index (κ1) is 19.9. The third-order valence-corrected chi connectivity index (χ3v) is 6.10. The third-order valence-electron chi connectivity index (χ3n) is 6.10. The number of nitrogens with zero attached hydrogens (tertiary/aromatic N) is 2. The molecule has 2 fully saturated rings. The van der Waals surface area contributed by atoms with Gasteiger partial charge in [0.2, 0.25) is 11.8 Å². The van der Waals surface area contributed by atoms with Crippen LogP contribution in [0.25, 0.3) is 0 Å². The fourth-order valence-electron chi connectivity index (χ4n) is 4.95. The highest BCUT2D eigenvalue weighted by molar-refractivity contribution is 5.78. The van der Waals surface area contributed by atoms with Crippen LogP contribution in [0, 0.1) is 5.92 Å². The number of likely N-dealkylation sites (tertiary alicyclic amines) is 2. The number of rotatable bonds is 4. The van der Waals surface area contributed by atoms with Crippen LogP contribution in [0.5, 0.6) is 0 Å². The van der Waals surface area contributed by atoms with Crippen molar-refractivity contribution in [1.29, 1.82) is 0 Å². The largest absolute Gasteiger partial charge is 0.338 e. The Bertz CT molecular complexity index is 643. The quantitative estimate of drug-likeness (QED) is 0.803. The van der Waals surface area contributed by atoms with Crippen molar-refractivity contribution in [3.63, 3.8) is 0 Å². The minimum Gasteiger partial charge on any atom is -0.338 e. The first-order valence-corrected chi connectivity index (χ1v) is 10.6. The van der Waals surface area contributed by atoms with Gasteiger partial charge < -0.3 is 9.80 Å². The summed E-state index contributed by atoms with van der Waals surface area (Å²) in [5, 5.41) is 0. The van der Waals surface area contributed by atoms with Gasteiger partial charge in [0, 0.05) is 25.9 Å². The Balaban J connectivity index is 1.89. The van der Waals surface area contributed by atoms with Crippen LogP contribution < -0.4 is 0 Å². The average molecular weight is 371 g/mol. The maximum atomic E-state index is 13.2. The third kappa shape index (κ3) is 4.72. The van der Waals surface area contributed by atoms with E-state index in [1.807, 2.05) is 6.07 Å². The fraction of sp³-hybridized carbons (Fsp3) is 0.652. The number of hydrogen-bond acceptors (Lipinski definition) is 2. The normalized spacial score (nSPS) is 25.9. The molecule has 27 heavy (non-hydrogen) atoms. The topological polar surface area (TPSA) is 40.6 Å². The molecule has 3 atom stereocenters. The number of hydrogen-bond donors (Lipinski definition) is 0. The number of carbonyl (C=O) groups excluding carboxylic acids is 2. The van der Waals surface area contributed by atoms with Gasteiger partial charge in [0.15, 0.2) is 0 Å². The van der Waals surface area contributed by atoms with Crippen LogP contribution in [0.3, 0.4) is 0 Å². The highest BCUT2D eigenvalue weighted by atomic mass is 16.2. The zero-order chi connectivity index (χ0) is 19.4. The Kier molecular flexibility index (Phi) is 6.56. The molecule has 4 nitrogen and oxygen atoms in total. The lowest BCUT2D eigenvalue weighted by Crippen LogP contribution is -2.50.